The van der Waals surface area contributed by atoms with Crippen molar-refractivity contribution in [2.24, 2.45) is 0 Å². The van der Waals surface area contributed by atoms with Crippen molar-refractivity contribution in [2.75, 3.05) is 25.0 Å². The molecule has 1 heterocycles. The molecule has 1 N–H and O–H groups in total. The molecule has 0 bridgehead atoms. The van der Waals surface area contributed by atoms with E-state index >= 15 is 0 Å². The average molecular weight is 332 g/mol. The van der Waals surface area contributed by atoms with Gasteiger partial charge in [-0.3, -0.25) is 9.69 Å². The van der Waals surface area contributed by atoms with Gasteiger partial charge in [0.05, 0.1) is 12.2 Å². The molecule has 24 heavy (non-hydrogen) atoms. The molecular formula is C19H28N2O3. The molecule has 2 rings (SSSR count). The lowest BCUT2D eigenvalue weighted by Gasteiger charge is -2.35. The quantitative estimate of drug-likeness (QED) is 0.777. The first kappa shape index (κ1) is 18.5. The Morgan fingerprint density at radius 2 is 1.96 bits per heavy atom. The molecule has 1 aromatic carbocycles. The highest BCUT2D eigenvalue weighted by molar-refractivity contribution is 5.93. The summed E-state index contributed by atoms with van der Waals surface area (Å²) in [6.45, 7) is 6.25. The van der Waals surface area contributed by atoms with Crippen molar-refractivity contribution >= 4 is 17.6 Å². The third-order valence-electron chi connectivity index (χ3n) is 4.53. The van der Waals surface area contributed by atoms with E-state index in [-0.39, 0.29) is 11.9 Å². The lowest BCUT2D eigenvalue weighted by Crippen LogP contribution is -2.40. The standard InChI is InChI=1S/C19H28N2O3/c1-3-17-7-5-6-13-21(17)14-12-18(22)20-16-10-8-15(9-11-16)19(23)24-4-2/h8-11,17H,3-7,12-14H2,1-2H3,(H,20,22). The maximum Gasteiger partial charge on any atom is 0.338 e. The van der Waals surface area contributed by atoms with Crippen LogP contribution < -0.4 is 5.32 Å². The van der Waals surface area contributed by atoms with Crippen LogP contribution in [0, 0.1) is 0 Å². The molecule has 1 amide bonds. The molecule has 0 aliphatic carbocycles. The van der Waals surface area contributed by atoms with Crippen LogP contribution in [0.3, 0.4) is 0 Å². The number of carbonyl (C=O) groups is 2. The molecule has 132 valence electrons. The maximum atomic E-state index is 12.1. The highest BCUT2D eigenvalue weighted by Gasteiger charge is 2.21. The van der Waals surface area contributed by atoms with Gasteiger partial charge in [-0.2, -0.15) is 0 Å². The van der Waals surface area contributed by atoms with E-state index in [1.54, 1.807) is 31.2 Å². The Labute approximate surface area is 144 Å². The second-order valence-electron chi connectivity index (χ2n) is 6.19. The van der Waals surface area contributed by atoms with Crippen LogP contribution in [0.4, 0.5) is 5.69 Å². The summed E-state index contributed by atoms with van der Waals surface area (Å²) in [5, 5.41) is 2.89. The second-order valence-corrected chi connectivity index (χ2v) is 6.19. The van der Waals surface area contributed by atoms with Gasteiger partial charge in [0.15, 0.2) is 0 Å². The fourth-order valence-electron chi connectivity index (χ4n) is 3.19. The monoisotopic (exact) mass is 332 g/mol. The first-order valence-electron chi connectivity index (χ1n) is 8.95. The molecule has 5 nitrogen and oxygen atoms in total. The van der Waals surface area contributed by atoms with E-state index in [1.165, 1.54) is 19.3 Å². The van der Waals surface area contributed by atoms with E-state index in [4.69, 9.17) is 4.74 Å². The van der Waals surface area contributed by atoms with Gasteiger partial charge in [-0.05, 0) is 57.0 Å². The summed E-state index contributed by atoms with van der Waals surface area (Å²) in [5.74, 6) is -0.328. The highest BCUT2D eigenvalue weighted by Crippen LogP contribution is 2.19. The zero-order valence-electron chi connectivity index (χ0n) is 14.7. The summed E-state index contributed by atoms with van der Waals surface area (Å²) in [4.78, 5) is 26.2. The van der Waals surface area contributed by atoms with Gasteiger partial charge in [0, 0.05) is 24.7 Å². The van der Waals surface area contributed by atoms with Gasteiger partial charge in [0.1, 0.15) is 0 Å². The Balaban J connectivity index is 1.80. The van der Waals surface area contributed by atoms with Crippen molar-refractivity contribution in [3.63, 3.8) is 0 Å². The van der Waals surface area contributed by atoms with Crippen LogP contribution in [0.1, 0.15) is 56.3 Å². The van der Waals surface area contributed by atoms with Crippen molar-refractivity contribution in [2.45, 2.75) is 52.0 Å². The number of nitrogens with zero attached hydrogens (tertiary/aromatic N) is 1. The van der Waals surface area contributed by atoms with E-state index in [1.807, 2.05) is 0 Å². The molecule has 0 spiro atoms. The number of nitrogens with one attached hydrogen (secondary N) is 1. The minimum atomic E-state index is -0.342. The summed E-state index contributed by atoms with van der Waals surface area (Å²) >= 11 is 0. The molecule has 5 heteroatoms. The molecule has 0 aromatic heterocycles. The second kappa shape index (κ2) is 9.42. The summed E-state index contributed by atoms with van der Waals surface area (Å²) in [7, 11) is 0. The van der Waals surface area contributed by atoms with E-state index in [0.717, 1.165) is 19.5 Å². The Kier molecular flexibility index (Phi) is 7.25. The Morgan fingerprint density at radius 1 is 1.21 bits per heavy atom. The van der Waals surface area contributed by atoms with Crippen LogP contribution >= 0.6 is 0 Å². The average Bonchev–Trinajstić information content (AvgIpc) is 2.61. The first-order valence-corrected chi connectivity index (χ1v) is 8.95. The van der Waals surface area contributed by atoms with E-state index < -0.39 is 0 Å². The molecule has 1 aliphatic heterocycles. The largest absolute Gasteiger partial charge is 0.462 e. The van der Waals surface area contributed by atoms with Gasteiger partial charge in [-0.25, -0.2) is 4.79 Å². The van der Waals surface area contributed by atoms with Crippen molar-refractivity contribution in [3.05, 3.63) is 29.8 Å². The van der Waals surface area contributed by atoms with E-state index in [0.29, 0.717) is 30.3 Å². The van der Waals surface area contributed by atoms with Crippen molar-refractivity contribution < 1.29 is 14.3 Å². The Hall–Kier alpha value is -1.88. The van der Waals surface area contributed by atoms with Gasteiger partial charge < -0.3 is 10.1 Å². The summed E-state index contributed by atoms with van der Waals surface area (Å²) in [5.41, 5.74) is 1.20. The number of hydrogen-bond acceptors (Lipinski definition) is 4. The molecule has 0 radical (unpaired) electrons. The lowest BCUT2D eigenvalue weighted by atomic mass is 10.00. The molecule has 1 aromatic rings. The van der Waals surface area contributed by atoms with Crippen LogP contribution in [0.25, 0.3) is 0 Å². The lowest BCUT2D eigenvalue weighted by molar-refractivity contribution is -0.116. The molecule has 1 saturated heterocycles. The van der Waals surface area contributed by atoms with Crippen LogP contribution in [0.15, 0.2) is 24.3 Å². The van der Waals surface area contributed by atoms with Gasteiger partial charge in [-0.15, -0.1) is 0 Å². The van der Waals surface area contributed by atoms with Crippen LogP contribution in [0.5, 0.6) is 0 Å². The van der Waals surface area contributed by atoms with Gasteiger partial charge in [0.2, 0.25) is 5.91 Å². The minimum absolute atomic E-state index is 0.0133. The molecule has 1 atom stereocenters. The molecule has 1 unspecified atom stereocenters. The smallest absolute Gasteiger partial charge is 0.338 e. The molecule has 1 aliphatic rings. The van der Waals surface area contributed by atoms with Gasteiger partial charge in [-0.1, -0.05) is 13.3 Å². The SMILES string of the molecule is CCOC(=O)c1ccc(NC(=O)CCN2CCCCC2CC)cc1. The third kappa shape index (κ3) is 5.34. The number of hydrogen-bond donors (Lipinski definition) is 1. The van der Waals surface area contributed by atoms with Gasteiger partial charge >= 0.3 is 5.97 Å². The fraction of sp³-hybridized carbons (Fsp3) is 0.579. The van der Waals surface area contributed by atoms with Gasteiger partial charge in [0.25, 0.3) is 0 Å². The summed E-state index contributed by atoms with van der Waals surface area (Å²) in [6.07, 6.45) is 5.42. The number of likely N-dealkylation sites (tertiary alicyclic amines) is 1. The zero-order valence-corrected chi connectivity index (χ0v) is 14.7. The van der Waals surface area contributed by atoms with Crippen molar-refractivity contribution in [1.29, 1.82) is 0 Å². The fourth-order valence-corrected chi connectivity index (χ4v) is 3.19. The third-order valence-corrected chi connectivity index (χ3v) is 4.53. The van der Waals surface area contributed by atoms with Crippen molar-refractivity contribution in [1.82, 2.24) is 4.90 Å². The normalized spacial score (nSPS) is 18.2. The number of amides is 1. The highest BCUT2D eigenvalue weighted by atomic mass is 16.5. The van der Waals surface area contributed by atoms with Crippen LogP contribution in [-0.4, -0.2) is 42.5 Å². The summed E-state index contributed by atoms with van der Waals surface area (Å²) in [6, 6.07) is 7.44. The number of piperidine rings is 1. The Bertz CT molecular complexity index is 542. The predicted octanol–water partition coefficient (Wildman–Crippen LogP) is 3.46. The molecular weight excluding hydrogens is 304 g/mol. The number of carbonyl (C=O) groups excluding carboxylic acids is 2. The predicted molar refractivity (Wildman–Crippen MR) is 95.1 cm³/mol. The van der Waals surface area contributed by atoms with E-state index in [9.17, 15) is 9.59 Å². The summed E-state index contributed by atoms with van der Waals surface area (Å²) < 4.78 is 4.94. The number of anilines is 1. The van der Waals surface area contributed by atoms with Crippen molar-refractivity contribution in [3.8, 4) is 0 Å². The topological polar surface area (TPSA) is 58.6 Å². The number of ether oxygens (including phenoxy) is 1. The van der Waals surface area contributed by atoms with E-state index in [2.05, 4.69) is 17.1 Å². The first-order chi connectivity index (χ1) is 11.6. The Morgan fingerprint density at radius 3 is 2.62 bits per heavy atom. The number of rotatable bonds is 7. The minimum Gasteiger partial charge on any atom is -0.462 e. The van der Waals surface area contributed by atoms with Crippen LogP contribution in [0.2, 0.25) is 0 Å². The number of esters is 1. The number of benzene rings is 1. The molecule has 1 fully saturated rings. The maximum absolute atomic E-state index is 12.1. The molecule has 0 saturated carbocycles. The van der Waals surface area contributed by atoms with Crippen LogP contribution in [-0.2, 0) is 9.53 Å². The zero-order chi connectivity index (χ0) is 17.4.